The molecule has 4 amide bonds. The quantitative estimate of drug-likeness (QED) is 0.698. The summed E-state index contributed by atoms with van der Waals surface area (Å²) in [6.45, 7) is 2.64. The molecule has 10 heteroatoms. The lowest BCUT2D eigenvalue weighted by molar-refractivity contribution is -0.139. The molecule has 0 bridgehead atoms. The molecular formula is C21H25ClN6O3. The minimum atomic E-state index is -0.660. The van der Waals surface area contributed by atoms with Crippen LogP contribution in [0.3, 0.4) is 0 Å². The van der Waals surface area contributed by atoms with Crippen LogP contribution in [0.2, 0.25) is 5.02 Å². The van der Waals surface area contributed by atoms with E-state index in [1.165, 1.54) is 0 Å². The van der Waals surface area contributed by atoms with E-state index < -0.39 is 6.04 Å². The zero-order valence-electron chi connectivity index (χ0n) is 17.1. The monoisotopic (exact) mass is 444 g/mol. The normalized spacial score (nSPS) is 20.0. The average Bonchev–Trinajstić information content (AvgIpc) is 2.94. The number of anilines is 2. The van der Waals surface area contributed by atoms with Gasteiger partial charge >= 0.3 is 6.03 Å². The molecule has 1 aromatic carbocycles. The number of nitrogens with zero attached hydrogens (tertiary/aromatic N) is 4. The number of hydrogen-bond acceptors (Lipinski definition) is 6. The van der Waals surface area contributed by atoms with Crippen molar-refractivity contribution in [2.24, 2.45) is 0 Å². The van der Waals surface area contributed by atoms with Gasteiger partial charge in [-0.1, -0.05) is 11.6 Å². The number of carbonyl (C=O) groups is 3. The van der Waals surface area contributed by atoms with E-state index in [-0.39, 0.29) is 11.9 Å². The van der Waals surface area contributed by atoms with Crippen LogP contribution in [-0.2, 0) is 9.59 Å². The maximum absolute atomic E-state index is 12.8. The molecule has 9 nitrogen and oxygen atoms in total. The Morgan fingerprint density at radius 2 is 1.94 bits per heavy atom. The summed E-state index contributed by atoms with van der Waals surface area (Å²) in [5.74, 6) is 0.0772. The van der Waals surface area contributed by atoms with Gasteiger partial charge in [-0.25, -0.2) is 9.78 Å². The van der Waals surface area contributed by atoms with Crippen LogP contribution in [0.1, 0.15) is 19.3 Å². The SMILES string of the molecule is Nc1cc(N2CCN(C(=O)N[C@H]3CCCCN(C=O)C3=O)CC2)c2ccc(Cl)cc2n1. The van der Waals surface area contributed by atoms with E-state index in [2.05, 4.69) is 15.2 Å². The smallest absolute Gasteiger partial charge is 0.318 e. The van der Waals surface area contributed by atoms with Gasteiger partial charge in [0.2, 0.25) is 6.41 Å². The minimum Gasteiger partial charge on any atom is -0.384 e. The number of hydrogen-bond donors (Lipinski definition) is 2. The number of nitrogens with one attached hydrogen (secondary N) is 1. The highest BCUT2D eigenvalue weighted by molar-refractivity contribution is 6.31. The molecule has 0 unspecified atom stereocenters. The minimum absolute atomic E-state index is 0.281. The standard InChI is InChI=1S/C21H25ClN6O3/c22-14-4-5-15-17(11-14)24-19(23)12-18(15)26-7-9-27(10-8-26)21(31)25-16-3-1-2-6-28(13-29)20(16)30/h4-5,11-13,16H,1-3,6-10H2,(H2,23,24)(H,25,31)/t16-/m0/s1. The second kappa shape index (κ2) is 8.97. The fourth-order valence-corrected chi connectivity index (χ4v) is 4.32. The van der Waals surface area contributed by atoms with E-state index in [0.717, 1.165) is 34.3 Å². The van der Waals surface area contributed by atoms with Gasteiger partial charge in [-0.15, -0.1) is 0 Å². The molecule has 3 heterocycles. The maximum Gasteiger partial charge on any atom is 0.318 e. The Morgan fingerprint density at radius 1 is 1.16 bits per heavy atom. The molecule has 0 saturated carbocycles. The number of aromatic nitrogens is 1. The number of imide groups is 1. The van der Waals surface area contributed by atoms with Crippen molar-refractivity contribution in [1.29, 1.82) is 0 Å². The zero-order chi connectivity index (χ0) is 22.0. The topological polar surface area (TPSA) is 112 Å². The molecule has 1 atom stereocenters. The molecule has 4 rings (SSSR count). The van der Waals surface area contributed by atoms with Gasteiger partial charge < -0.3 is 20.9 Å². The average molecular weight is 445 g/mol. The number of amides is 4. The van der Waals surface area contributed by atoms with Crippen molar-refractivity contribution in [3.05, 3.63) is 29.3 Å². The first-order valence-electron chi connectivity index (χ1n) is 10.4. The molecule has 164 valence electrons. The van der Waals surface area contributed by atoms with Crippen LogP contribution in [0.4, 0.5) is 16.3 Å². The van der Waals surface area contributed by atoms with Crippen LogP contribution in [0.25, 0.3) is 10.9 Å². The molecule has 2 aromatic rings. The molecular weight excluding hydrogens is 420 g/mol. The highest BCUT2D eigenvalue weighted by Crippen LogP contribution is 2.30. The summed E-state index contributed by atoms with van der Waals surface area (Å²) < 4.78 is 0. The first kappa shape index (κ1) is 21.2. The Kier molecular flexibility index (Phi) is 6.13. The summed E-state index contributed by atoms with van der Waals surface area (Å²) in [4.78, 5) is 45.7. The predicted octanol–water partition coefficient (Wildman–Crippen LogP) is 1.84. The second-order valence-electron chi connectivity index (χ2n) is 7.84. The number of halogens is 1. The number of likely N-dealkylation sites (tertiary alicyclic amines) is 1. The van der Waals surface area contributed by atoms with E-state index in [9.17, 15) is 14.4 Å². The molecule has 2 aliphatic rings. The van der Waals surface area contributed by atoms with Crippen molar-refractivity contribution in [2.45, 2.75) is 25.3 Å². The number of carbonyl (C=O) groups excluding carboxylic acids is 3. The van der Waals surface area contributed by atoms with Gasteiger partial charge in [0, 0.05) is 54.9 Å². The molecule has 2 aliphatic heterocycles. The van der Waals surface area contributed by atoms with Gasteiger partial charge in [-0.2, -0.15) is 0 Å². The van der Waals surface area contributed by atoms with Crippen molar-refractivity contribution in [3.63, 3.8) is 0 Å². The van der Waals surface area contributed by atoms with Crippen LogP contribution in [-0.4, -0.2) is 71.9 Å². The molecule has 1 aromatic heterocycles. The predicted molar refractivity (Wildman–Crippen MR) is 119 cm³/mol. The third kappa shape index (κ3) is 4.51. The van der Waals surface area contributed by atoms with E-state index >= 15 is 0 Å². The summed E-state index contributed by atoms with van der Waals surface area (Å²) in [6.07, 6.45) is 2.63. The molecule has 0 radical (unpaired) electrons. The number of rotatable bonds is 3. The summed E-state index contributed by atoms with van der Waals surface area (Å²) in [5.41, 5.74) is 7.68. The molecule has 2 fully saturated rings. The van der Waals surface area contributed by atoms with E-state index in [0.29, 0.717) is 56.4 Å². The first-order chi connectivity index (χ1) is 15.0. The van der Waals surface area contributed by atoms with Crippen molar-refractivity contribution >= 4 is 52.4 Å². The van der Waals surface area contributed by atoms with Crippen LogP contribution < -0.4 is 16.0 Å². The molecule has 2 saturated heterocycles. The van der Waals surface area contributed by atoms with Gasteiger partial charge in [0.15, 0.2) is 0 Å². The summed E-state index contributed by atoms with van der Waals surface area (Å²) in [6, 6.07) is 6.43. The van der Waals surface area contributed by atoms with Crippen molar-refractivity contribution in [2.75, 3.05) is 43.4 Å². The summed E-state index contributed by atoms with van der Waals surface area (Å²) in [5, 5.41) is 4.37. The fraction of sp³-hybridized carbons (Fsp3) is 0.429. The highest BCUT2D eigenvalue weighted by atomic mass is 35.5. The van der Waals surface area contributed by atoms with Gasteiger partial charge in [-0.05, 0) is 37.5 Å². The third-order valence-corrected chi connectivity index (χ3v) is 6.06. The van der Waals surface area contributed by atoms with Crippen LogP contribution in [0, 0.1) is 0 Å². The largest absolute Gasteiger partial charge is 0.384 e. The maximum atomic E-state index is 12.8. The van der Waals surface area contributed by atoms with Crippen molar-refractivity contribution in [1.82, 2.24) is 20.1 Å². The Balaban J connectivity index is 1.42. The Labute approximate surface area is 185 Å². The molecule has 0 spiro atoms. The molecule has 31 heavy (non-hydrogen) atoms. The Bertz CT molecular complexity index is 1000. The van der Waals surface area contributed by atoms with Gasteiger partial charge in [0.05, 0.1) is 5.52 Å². The van der Waals surface area contributed by atoms with E-state index in [1.54, 1.807) is 11.0 Å². The van der Waals surface area contributed by atoms with Gasteiger partial charge in [0.1, 0.15) is 11.9 Å². The summed E-state index contributed by atoms with van der Waals surface area (Å²) >= 11 is 6.09. The van der Waals surface area contributed by atoms with Gasteiger partial charge in [0.25, 0.3) is 5.91 Å². The first-order valence-corrected chi connectivity index (χ1v) is 10.8. The third-order valence-electron chi connectivity index (χ3n) is 5.83. The Morgan fingerprint density at radius 3 is 2.68 bits per heavy atom. The lowest BCUT2D eigenvalue weighted by Crippen LogP contribution is -2.56. The number of fused-ring (bicyclic) bond motifs is 1. The summed E-state index contributed by atoms with van der Waals surface area (Å²) in [7, 11) is 0. The Hall–Kier alpha value is -3.07. The molecule has 3 N–H and O–H groups in total. The second-order valence-corrected chi connectivity index (χ2v) is 8.27. The van der Waals surface area contributed by atoms with Crippen molar-refractivity contribution in [3.8, 4) is 0 Å². The van der Waals surface area contributed by atoms with E-state index in [1.807, 2.05) is 18.2 Å². The fourth-order valence-electron chi connectivity index (χ4n) is 4.16. The number of piperazine rings is 1. The van der Waals surface area contributed by atoms with Crippen LogP contribution >= 0.6 is 11.6 Å². The number of nitrogens with two attached hydrogens (primary N) is 1. The lowest BCUT2D eigenvalue weighted by Gasteiger charge is -2.37. The number of urea groups is 1. The van der Waals surface area contributed by atoms with Crippen molar-refractivity contribution < 1.29 is 14.4 Å². The van der Waals surface area contributed by atoms with Crippen LogP contribution in [0.5, 0.6) is 0 Å². The van der Waals surface area contributed by atoms with E-state index in [4.69, 9.17) is 17.3 Å². The zero-order valence-corrected chi connectivity index (χ0v) is 17.8. The molecule has 0 aliphatic carbocycles. The van der Waals surface area contributed by atoms with Gasteiger partial charge in [-0.3, -0.25) is 14.5 Å². The number of benzene rings is 1. The lowest BCUT2D eigenvalue weighted by atomic mass is 10.1. The highest BCUT2D eigenvalue weighted by Gasteiger charge is 2.30. The van der Waals surface area contributed by atoms with Crippen LogP contribution in [0.15, 0.2) is 24.3 Å². The number of nitrogen functional groups attached to an aromatic ring is 1. The number of pyridine rings is 1.